The molecule has 3 heterocycles. The molecule has 7 heteroatoms. The molecule has 0 aliphatic carbocycles. The highest BCUT2D eigenvalue weighted by atomic mass is 79.9. The number of rotatable bonds is 2. The number of pyridine rings is 2. The zero-order valence-electron chi connectivity index (χ0n) is 14.6. The van der Waals surface area contributed by atoms with Crippen molar-refractivity contribution in [3.63, 3.8) is 0 Å². The number of aromatic nitrogens is 2. The van der Waals surface area contributed by atoms with E-state index in [1.54, 1.807) is 29.4 Å². The smallest absolute Gasteiger partial charge is 0.254 e. The van der Waals surface area contributed by atoms with Crippen LogP contribution < -0.4 is 4.90 Å². The van der Waals surface area contributed by atoms with E-state index in [1.165, 1.54) is 12.1 Å². The number of fused-ring (bicyclic) bond motifs is 1. The molecule has 0 spiro atoms. The lowest BCUT2D eigenvalue weighted by Crippen LogP contribution is -2.35. The molecule has 1 aliphatic rings. The van der Waals surface area contributed by atoms with Crippen molar-refractivity contribution in [1.29, 1.82) is 0 Å². The van der Waals surface area contributed by atoms with Crippen LogP contribution in [0.15, 0.2) is 53.3 Å². The first-order chi connectivity index (χ1) is 13.1. The minimum atomic E-state index is -0.391. The molecule has 4 rings (SSSR count). The lowest BCUT2D eigenvalue weighted by Gasteiger charge is -2.24. The third kappa shape index (κ3) is 3.78. The van der Waals surface area contributed by atoms with E-state index < -0.39 is 5.82 Å². The van der Waals surface area contributed by atoms with Crippen LogP contribution in [0, 0.1) is 5.82 Å². The molecule has 5 nitrogen and oxygen atoms in total. The van der Waals surface area contributed by atoms with Crippen molar-refractivity contribution in [3.8, 4) is 0 Å². The van der Waals surface area contributed by atoms with Gasteiger partial charge in [0.05, 0.1) is 11.2 Å². The zero-order chi connectivity index (χ0) is 18.8. The fourth-order valence-electron chi connectivity index (χ4n) is 3.41. The lowest BCUT2D eigenvalue weighted by molar-refractivity contribution is 0.0766. The highest BCUT2D eigenvalue weighted by molar-refractivity contribution is 9.10. The standard InChI is InChI=1S/C20H18BrFN4O/c21-15-12-17-19(24-13-15)18(5-6-23-17)25-7-2-8-26(10-9-25)20(27)14-3-1-4-16(22)11-14/h1,3-6,11-13H,2,7-10H2. The molecule has 0 N–H and O–H groups in total. The summed E-state index contributed by atoms with van der Waals surface area (Å²) < 4.78 is 14.3. The number of hydrogen-bond donors (Lipinski definition) is 0. The first-order valence-corrected chi connectivity index (χ1v) is 9.61. The predicted octanol–water partition coefficient (Wildman–Crippen LogP) is 3.88. The fourth-order valence-corrected chi connectivity index (χ4v) is 3.73. The van der Waals surface area contributed by atoms with E-state index in [-0.39, 0.29) is 5.91 Å². The van der Waals surface area contributed by atoms with Gasteiger partial charge in [-0.05, 0) is 52.7 Å². The van der Waals surface area contributed by atoms with Crippen LogP contribution in [0.4, 0.5) is 10.1 Å². The lowest BCUT2D eigenvalue weighted by atomic mass is 10.2. The van der Waals surface area contributed by atoms with E-state index in [9.17, 15) is 9.18 Å². The third-order valence-corrected chi connectivity index (χ3v) is 5.15. The van der Waals surface area contributed by atoms with Gasteiger partial charge >= 0.3 is 0 Å². The Kier molecular flexibility index (Phi) is 5.03. The van der Waals surface area contributed by atoms with E-state index in [0.717, 1.165) is 34.2 Å². The van der Waals surface area contributed by atoms with Crippen molar-refractivity contribution in [2.75, 3.05) is 31.1 Å². The quantitative estimate of drug-likeness (QED) is 0.621. The summed E-state index contributed by atoms with van der Waals surface area (Å²) in [5, 5.41) is 0. The fraction of sp³-hybridized carbons (Fsp3) is 0.250. The summed E-state index contributed by atoms with van der Waals surface area (Å²) in [7, 11) is 0. The van der Waals surface area contributed by atoms with Crippen molar-refractivity contribution in [1.82, 2.24) is 14.9 Å². The molecule has 0 atom stereocenters. The number of amides is 1. The maximum atomic E-state index is 13.4. The number of benzene rings is 1. The first kappa shape index (κ1) is 17.9. The second-order valence-electron chi connectivity index (χ2n) is 6.49. The molecule has 0 radical (unpaired) electrons. The van der Waals surface area contributed by atoms with E-state index in [0.29, 0.717) is 25.2 Å². The number of anilines is 1. The number of hydrogen-bond acceptors (Lipinski definition) is 4. The van der Waals surface area contributed by atoms with E-state index in [4.69, 9.17) is 0 Å². The third-order valence-electron chi connectivity index (χ3n) is 4.72. The summed E-state index contributed by atoms with van der Waals surface area (Å²) in [6.45, 7) is 2.74. The van der Waals surface area contributed by atoms with Crippen LogP contribution in [0.25, 0.3) is 11.0 Å². The van der Waals surface area contributed by atoms with Crippen molar-refractivity contribution < 1.29 is 9.18 Å². The van der Waals surface area contributed by atoms with Gasteiger partial charge in [-0.15, -0.1) is 0 Å². The molecule has 1 fully saturated rings. The van der Waals surface area contributed by atoms with Crippen molar-refractivity contribution in [3.05, 3.63) is 64.6 Å². The summed E-state index contributed by atoms with van der Waals surface area (Å²) in [6, 6.07) is 9.78. The average Bonchev–Trinajstić information content (AvgIpc) is 2.93. The Labute approximate surface area is 165 Å². The van der Waals surface area contributed by atoms with Gasteiger partial charge in [-0.25, -0.2) is 4.39 Å². The van der Waals surface area contributed by atoms with Gasteiger partial charge in [0, 0.05) is 48.6 Å². The van der Waals surface area contributed by atoms with Crippen molar-refractivity contribution >= 4 is 38.6 Å². The minimum Gasteiger partial charge on any atom is -0.368 e. The Hall–Kier alpha value is -2.54. The summed E-state index contributed by atoms with van der Waals surface area (Å²) >= 11 is 3.43. The second kappa shape index (κ2) is 7.60. The SMILES string of the molecule is O=C(c1cccc(F)c1)N1CCCN(c2ccnc3cc(Br)cnc23)CC1. The molecule has 138 valence electrons. The average molecular weight is 429 g/mol. The molecular formula is C20H18BrFN4O. The van der Waals surface area contributed by atoms with Crippen molar-refractivity contribution in [2.24, 2.45) is 0 Å². The van der Waals surface area contributed by atoms with Crippen LogP contribution in [-0.2, 0) is 0 Å². The predicted molar refractivity (Wildman–Crippen MR) is 106 cm³/mol. The summed E-state index contributed by atoms with van der Waals surface area (Å²) in [4.78, 5) is 25.7. The number of halogens is 2. The number of carbonyl (C=O) groups excluding carboxylic acids is 1. The van der Waals surface area contributed by atoms with Crippen molar-refractivity contribution in [2.45, 2.75) is 6.42 Å². The Balaban J connectivity index is 1.55. The Morgan fingerprint density at radius 2 is 1.96 bits per heavy atom. The molecule has 1 amide bonds. The highest BCUT2D eigenvalue weighted by Crippen LogP contribution is 2.26. The second-order valence-corrected chi connectivity index (χ2v) is 7.41. The monoisotopic (exact) mass is 428 g/mol. The number of carbonyl (C=O) groups is 1. The largest absolute Gasteiger partial charge is 0.368 e. The van der Waals surface area contributed by atoms with E-state index in [1.807, 2.05) is 12.1 Å². The molecule has 1 aromatic carbocycles. The maximum Gasteiger partial charge on any atom is 0.254 e. The first-order valence-electron chi connectivity index (χ1n) is 8.82. The van der Waals surface area contributed by atoms with Gasteiger partial charge in [0.1, 0.15) is 11.3 Å². The maximum absolute atomic E-state index is 13.4. The summed E-state index contributed by atoms with van der Waals surface area (Å²) in [5.41, 5.74) is 3.10. The summed E-state index contributed by atoms with van der Waals surface area (Å²) in [5.74, 6) is -0.518. The molecule has 1 saturated heterocycles. The molecular weight excluding hydrogens is 411 g/mol. The molecule has 27 heavy (non-hydrogen) atoms. The highest BCUT2D eigenvalue weighted by Gasteiger charge is 2.22. The van der Waals surface area contributed by atoms with E-state index >= 15 is 0 Å². The van der Waals surface area contributed by atoms with Crippen LogP contribution in [0.5, 0.6) is 0 Å². The Morgan fingerprint density at radius 1 is 1.07 bits per heavy atom. The van der Waals surface area contributed by atoms with Gasteiger partial charge in [0.25, 0.3) is 5.91 Å². The molecule has 1 aliphatic heterocycles. The van der Waals surface area contributed by atoms with E-state index in [2.05, 4.69) is 30.8 Å². The van der Waals surface area contributed by atoms with Crippen LogP contribution >= 0.6 is 15.9 Å². The molecule has 3 aromatic rings. The van der Waals surface area contributed by atoms with Gasteiger partial charge in [-0.2, -0.15) is 0 Å². The summed E-state index contributed by atoms with van der Waals surface area (Å²) in [6.07, 6.45) is 4.39. The van der Waals surface area contributed by atoms with Gasteiger partial charge < -0.3 is 9.80 Å². The Morgan fingerprint density at radius 3 is 2.81 bits per heavy atom. The zero-order valence-corrected chi connectivity index (χ0v) is 16.2. The Bertz CT molecular complexity index is 997. The molecule has 0 unspecified atom stereocenters. The molecule has 0 saturated carbocycles. The number of nitrogens with zero attached hydrogens (tertiary/aromatic N) is 4. The molecule has 2 aromatic heterocycles. The normalized spacial score (nSPS) is 15.0. The molecule has 0 bridgehead atoms. The van der Waals surface area contributed by atoms with Gasteiger partial charge in [-0.1, -0.05) is 6.07 Å². The van der Waals surface area contributed by atoms with Crippen LogP contribution in [0.1, 0.15) is 16.8 Å². The van der Waals surface area contributed by atoms with Crippen LogP contribution in [0.3, 0.4) is 0 Å². The van der Waals surface area contributed by atoms with Crippen LogP contribution in [-0.4, -0.2) is 47.0 Å². The van der Waals surface area contributed by atoms with Crippen LogP contribution in [0.2, 0.25) is 0 Å². The minimum absolute atomic E-state index is 0.127. The topological polar surface area (TPSA) is 49.3 Å². The van der Waals surface area contributed by atoms with Gasteiger partial charge in [0.15, 0.2) is 0 Å². The van der Waals surface area contributed by atoms with Gasteiger partial charge in [-0.3, -0.25) is 14.8 Å². The van der Waals surface area contributed by atoms with Gasteiger partial charge in [0.2, 0.25) is 0 Å².